The van der Waals surface area contributed by atoms with Gasteiger partial charge in [-0.3, -0.25) is 14.3 Å². The van der Waals surface area contributed by atoms with Crippen molar-refractivity contribution in [2.75, 3.05) is 0 Å². The minimum Gasteiger partial charge on any atom is -0.354 e. The molecule has 0 saturated carbocycles. The van der Waals surface area contributed by atoms with E-state index in [0.29, 0.717) is 12.3 Å². The summed E-state index contributed by atoms with van der Waals surface area (Å²) < 4.78 is 19.9. The fraction of sp³-hybridized carbons (Fsp3) is 0.636. The van der Waals surface area contributed by atoms with Crippen LogP contribution in [-0.4, -0.2) is 15.7 Å². The van der Waals surface area contributed by atoms with E-state index >= 15 is 0 Å². The lowest BCUT2D eigenvalue weighted by atomic mass is 10.0. The smallest absolute Gasteiger partial charge is 0.330 e. The molecule has 2 heterocycles. The maximum Gasteiger partial charge on any atom is 0.330 e. The molecule has 1 fully saturated rings. The Hall–Kier alpha value is -1.43. The molecule has 17 heavy (non-hydrogen) atoms. The summed E-state index contributed by atoms with van der Waals surface area (Å²) in [6.45, 7) is 4.03. The molecule has 1 aliphatic rings. The van der Waals surface area contributed by atoms with Crippen molar-refractivity contribution in [3.63, 3.8) is 0 Å². The van der Waals surface area contributed by atoms with Crippen LogP contribution in [0.5, 0.6) is 0 Å². The second-order valence-corrected chi connectivity index (χ2v) is 4.39. The average Bonchev–Trinajstić information content (AvgIpc) is 2.65. The number of nitrogens with one attached hydrogen (secondary N) is 1. The molecule has 1 N–H and O–H groups in total. The number of aromatic amines is 1. The summed E-state index contributed by atoms with van der Waals surface area (Å²) in [5.74, 6) is -0.660. The Morgan fingerprint density at radius 2 is 2.29 bits per heavy atom. The quantitative estimate of drug-likeness (QED) is 0.841. The highest BCUT2D eigenvalue weighted by Gasteiger charge is 2.32. The minimum atomic E-state index is -0.996. The molecule has 3 atom stereocenters. The predicted octanol–water partition coefficient (Wildman–Crippen LogP) is 1.01. The number of halogens is 1. The van der Waals surface area contributed by atoms with Crippen LogP contribution in [0.25, 0.3) is 0 Å². The van der Waals surface area contributed by atoms with Crippen molar-refractivity contribution < 1.29 is 9.13 Å². The van der Waals surface area contributed by atoms with Crippen LogP contribution in [0.4, 0.5) is 4.39 Å². The lowest BCUT2D eigenvalue weighted by Gasteiger charge is -2.14. The normalized spacial score (nSPS) is 28.5. The van der Waals surface area contributed by atoms with Gasteiger partial charge in [0.25, 0.3) is 5.56 Å². The first-order chi connectivity index (χ1) is 8.02. The molecule has 0 radical (unpaired) electrons. The SMILES string of the molecule is CC[C@@H]1O[C@H](n2cc(F)c(=O)[nH]c2=O)CC1C. The van der Waals surface area contributed by atoms with Crippen LogP contribution in [0, 0.1) is 11.7 Å². The summed E-state index contributed by atoms with van der Waals surface area (Å²) in [6, 6.07) is 0. The van der Waals surface area contributed by atoms with E-state index in [2.05, 4.69) is 0 Å². The molecule has 0 spiro atoms. The lowest BCUT2D eigenvalue weighted by molar-refractivity contribution is -0.00813. The average molecular weight is 242 g/mol. The summed E-state index contributed by atoms with van der Waals surface area (Å²) in [6.07, 6.45) is 1.98. The summed E-state index contributed by atoms with van der Waals surface area (Å²) in [5, 5.41) is 0. The molecule has 6 heteroatoms. The van der Waals surface area contributed by atoms with Gasteiger partial charge in [-0.2, -0.15) is 4.39 Å². The van der Waals surface area contributed by atoms with Crippen LogP contribution in [0.3, 0.4) is 0 Å². The third-order valence-corrected chi connectivity index (χ3v) is 3.18. The van der Waals surface area contributed by atoms with Gasteiger partial charge in [0.2, 0.25) is 5.82 Å². The second kappa shape index (κ2) is 4.44. The fourth-order valence-electron chi connectivity index (χ4n) is 2.21. The highest BCUT2D eigenvalue weighted by atomic mass is 19.1. The topological polar surface area (TPSA) is 64.1 Å². The van der Waals surface area contributed by atoms with Crippen LogP contribution in [-0.2, 0) is 4.74 Å². The zero-order valence-corrected chi connectivity index (χ0v) is 9.77. The molecule has 1 unspecified atom stereocenters. The number of aromatic nitrogens is 2. The number of nitrogens with zero attached hydrogens (tertiary/aromatic N) is 1. The molecular weight excluding hydrogens is 227 g/mol. The van der Waals surface area contributed by atoms with Gasteiger partial charge in [-0.15, -0.1) is 0 Å². The van der Waals surface area contributed by atoms with Crippen molar-refractivity contribution in [1.82, 2.24) is 9.55 Å². The van der Waals surface area contributed by atoms with Crippen LogP contribution >= 0.6 is 0 Å². The van der Waals surface area contributed by atoms with Crippen molar-refractivity contribution in [2.45, 2.75) is 39.0 Å². The minimum absolute atomic E-state index is 0.0712. The van der Waals surface area contributed by atoms with Crippen LogP contribution < -0.4 is 11.2 Å². The molecule has 5 nitrogen and oxygen atoms in total. The van der Waals surface area contributed by atoms with Gasteiger partial charge in [0.15, 0.2) is 0 Å². The zero-order valence-electron chi connectivity index (χ0n) is 9.77. The highest BCUT2D eigenvalue weighted by molar-refractivity contribution is 4.90. The van der Waals surface area contributed by atoms with E-state index in [1.54, 1.807) is 0 Å². The Bertz CT molecular complexity index is 522. The van der Waals surface area contributed by atoms with E-state index in [1.807, 2.05) is 18.8 Å². The predicted molar refractivity (Wildman–Crippen MR) is 59.3 cm³/mol. The molecule has 1 saturated heterocycles. The van der Waals surface area contributed by atoms with Crippen LogP contribution in [0.15, 0.2) is 15.8 Å². The van der Waals surface area contributed by atoms with Crippen LogP contribution in [0.2, 0.25) is 0 Å². The van der Waals surface area contributed by atoms with E-state index in [9.17, 15) is 14.0 Å². The van der Waals surface area contributed by atoms with Crippen molar-refractivity contribution in [3.8, 4) is 0 Å². The second-order valence-electron chi connectivity index (χ2n) is 4.39. The fourth-order valence-corrected chi connectivity index (χ4v) is 2.21. The van der Waals surface area contributed by atoms with Gasteiger partial charge >= 0.3 is 5.69 Å². The molecule has 2 rings (SSSR count). The summed E-state index contributed by atoms with van der Waals surface area (Å²) in [7, 11) is 0. The Balaban J connectivity index is 2.34. The molecule has 94 valence electrons. The monoisotopic (exact) mass is 242 g/mol. The van der Waals surface area contributed by atoms with E-state index in [4.69, 9.17) is 4.74 Å². The van der Waals surface area contributed by atoms with Crippen molar-refractivity contribution in [2.24, 2.45) is 5.92 Å². The third kappa shape index (κ3) is 2.17. The van der Waals surface area contributed by atoms with Crippen molar-refractivity contribution in [3.05, 3.63) is 32.9 Å². The number of hydrogen-bond acceptors (Lipinski definition) is 3. The molecule has 1 aromatic heterocycles. The highest BCUT2D eigenvalue weighted by Crippen LogP contribution is 2.33. The summed E-state index contributed by atoms with van der Waals surface area (Å²) in [4.78, 5) is 24.4. The van der Waals surface area contributed by atoms with Gasteiger partial charge in [0.05, 0.1) is 12.3 Å². The first-order valence-corrected chi connectivity index (χ1v) is 5.69. The number of rotatable bonds is 2. The first kappa shape index (κ1) is 12.0. The van der Waals surface area contributed by atoms with Gasteiger partial charge in [-0.25, -0.2) is 4.79 Å². The van der Waals surface area contributed by atoms with Gasteiger partial charge < -0.3 is 4.74 Å². The maximum absolute atomic E-state index is 13.1. The molecular formula is C11H15FN2O3. The van der Waals surface area contributed by atoms with E-state index in [0.717, 1.165) is 17.2 Å². The number of H-pyrrole nitrogens is 1. The molecule has 0 bridgehead atoms. The first-order valence-electron chi connectivity index (χ1n) is 5.69. The van der Waals surface area contributed by atoms with E-state index in [1.165, 1.54) is 0 Å². The molecule has 0 aliphatic carbocycles. The zero-order chi connectivity index (χ0) is 12.6. The number of hydrogen-bond donors (Lipinski definition) is 1. The third-order valence-electron chi connectivity index (χ3n) is 3.18. The standard InChI is InChI=1S/C11H15FN2O3/c1-3-8-6(2)4-9(17-8)14-5-7(12)10(15)13-11(14)16/h5-6,8-9H,3-4H2,1-2H3,(H,13,15,16)/t6?,8-,9-/m0/s1. The van der Waals surface area contributed by atoms with E-state index < -0.39 is 23.3 Å². The van der Waals surface area contributed by atoms with Gasteiger partial charge in [-0.1, -0.05) is 13.8 Å². The largest absolute Gasteiger partial charge is 0.354 e. The van der Waals surface area contributed by atoms with Gasteiger partial charge in [0, 0.05) is 0 Å². The Morgan fingerprint density at radius 3 is 2.88 bits per heavy atom. The van der Waals surface area contributed by atoms with Crippen molar-refractivity contribution in [1.29, 1.82) is 0 Å². The lowest BCUT2D eigenvalue weighted by Crippen LogP contribution is -2.33. The Labute approximate surface area is 97.2 Å². The molecule has 1 aromatic rings. The molecule has 0 amide bonds. The molecule has 1 aliphatic heterocycles. The van der Waals surface area contributed by atoms with Gasteiger partial charge in [-0.05, 0) is 18.8 Å². The van der Waals surface area contributed by atoms with Crippen LogP contribution in [0.1, 0.15) is 32.9 Å². The number of ether oxygens (including phenoxy) is 1. The van der Waals surface area contributed by atoms with Gasteiger partial charge in [0.1, 0.15) is 6.23 Å². The molecule has 0 aromatic carbocycles. The maximum atomic E-state index is 13.1. The van der Waals surface area contributed by atoms with Crippen molar-refractivity contribution >= 4 is 0 Å². The summed E-state index contributed by atoms with van der Waals surface area (Å²) in [5.41, 5.74) is -1.63. The Kier molecular flexibility index (Phi) is 3.15. The Morgan fingerprint density at radius 1 is 1.59 bits per heavy atom. The van der Waals surface area contributed by atoms with E-state index in [-0.39, 0.29) is 6.10 Å². The summed E-state index contributed by atoms with van der Waals surface area (Å²) >= 11 is 0.